The van der Waals surface area contributed by atoms with Crippen molar-refractivity contribution in [2.75, 3.05) is 43.1 Å². The van der Waals surface area contributed by atoms with E-state index in [1.54, 1.807) is 7.11 Å². The van der Waals surface area contributed by atoms with E-state index in [9.17, 15) is 9.59 Å². The average Bonchev–Trinajstić information content (AvgIpc) is 2.83. The number of nitrogens with one attached hydrogen (secondary N) is 2. The van der Waals surface area contributed by atoms with Crippen molar-refractivity contribution in [2.45, 2.75) is 6.54 Å². The Morgan fingerprint density at radius 1 is 1.03 bits per heavy atom. The fourth-order valence-corrected chi connectivity index (χ4v) is 3.55. The number of aromatic amines is 1. The number of H-pyrrole nitrogens is 1. The molecular formula is C23H25N5O3. The van der Waals surface area contributed by atoms with Crippen LogP contribution in [0.1, 0.15) is 15.9 Å². The van der Waals surface area contributed by atoms with Crippen molar-refractivity contribution in [1.29, 1.82) is 0 Å². The summed E-state index contributed by atoms with van der Waals surface area (Å²) < 4.78 is 5.21. The van der Waals surface area contributed by atoms with Gasteiger partial charge in [0.1, 0.15) is 11.3 Å². The zero-order valence-corrected chi connectivity index (χ0v) is 17.4. The van der Waals surface area contributed by atoms with Crippen molar-refractivity contribution in [3.8, 4) is 5.75 Å². The predicted octanol–water partition coefficient (Wildman–Crippen LogP) is 2.04. The number of hydrogen-bond donors (Lipinski definition) is 2. The van der Waals surface area contributed by atoms with Crippen molar-refractivity contribution >= 4 is 17.5 Å². The summed E-state index contributed by atoms with van der Waals surface area (Å²) in [6.07, 6.45) is 1.35. The van der Waals surface area contributed by atoms with E-state index in [4.69, 9.17) is 4.74 Å². The van der Waals surface area contributed by atoms with Crippen molar-refractivity contribution < 1.29 is 9.53 Å². The van der Waals surface area contributed by atoms with Crippen LogP contribution in [0.15, 0.2) is 65.6 Å². The highest BCUT2D eigenvalue weighted by Crippen LogP contribution is 2.21. The Hall–Kier alpha value is -3.81. The van der Waals surface area contributed by atoms with Gasteiger partial charge < -0.3 is 19.9 Å². The van der Waals surface area contributed by atoms with Crippen LogP contribution in [-0.4, -0.2) is 49.2 Å². The monoisotopic (exact) mass is 419 g/mol. The van der Waals surface area contributed by atoms with Crippen LogP contribution in [0.25, 0.3) is 0 Å². The summed E-state index contributed by atoms with van der Waals surface area (Å²) in [6.45, 7) is 3.39. The fourth-order valence-electron chi connectivity index (χ4n) is 3.55. The number of benzene rings is 2. The van der Waals surface area contributed by atoms with E-state index in [1.807, 2.05) is 59.5 Å². The van der Waals surface area contributed by atoms with Gasteiger partial charge in [0.25, 0.3) is 11.5 Å². The van der Waals surface area contributed by atoms with Gasteiger partial charge in [-0.1, -0.05) is 30.3 Å². The maximum Gasteiger partial charge on any atom is 0.265 e. The van der Waals surface area contributed by atoms with Gasteiger partial charge >= 0.3 is 0 Å². The van der Waals surface area contributed by atoms with Crippen molar-refractivity contribution in [2.24, 2.45) is 0 Å². The summed E-state index contributed by atoms with van der Waals surface area (Å²) in [5.74, 6) is 0.879. The van der Waals surface area contributed by atoms with Crippen molar-refractivity contribution in [3.63, 3.8) is 0 Å². The maximum atomic E-state index is 12.5. The second-order valence-corrected chi connectivity index (χ2v) is 7.29. The van der Waals surface area contributed by atoms with E-state index < -0.39 is 11.5 Å². The van der Waals surface area contributed by atoms with Gasteiger partial charge in [-0.3, -0.25) is 14.6 Å². The summed E-state index contributed by atoms with van der Waals surface area (Å²) in [4.78, 5) is 36.2. The number of ether oxygens (including phenoxy) is 1. The molecule has 8 heteroatoms. The lowest BCUT2D eigenvalue weighted by atomic mass is 10.2. The molecule has 0 spiro atoms. The molecule has 1 fully saturated rings. The molecule has 1 amide bonds. The quantitative estimate of drug-likeness (QED) is 0.636. The Morgan fingerprint density at radius 2 is 1.71 bits per heavy atom. The second-order valence-electron chi connectivity index (χ2n) is 7.29. The molecule has 3 aromatic rings. The third-order valence-corrected chi connectivity index (χ3v) is 5.34. The lowest BCUT2D eigenvalue weighted by molar-refractivity contribution is 0.0949. The van der Waals surface area contributed by atoms with Crippen LogP contribution in [0.3, 0.4) is 0 Å². The molecule has 0 atom stereocenters. The van der Waals surface area contributed by atoms with Gasteiger partial charge in [0, 0.05) is 44.6 Å². The first-order valence-corrected chi connectivity index (χ1v) is 10.2. The Morgan fingerprint density at radius 3 is 2.35 bits per heavy atom. The topological polar surface area (TPSA) is 90.6 Å². The summed E-state index contributed by atoms with van der Waals surface area (Å²) in [6, 6.07) is 17.5. The third-order valence-electron chi connectivity index (χ3n) is 5.34. The van der Waals surface area contributed by atoms with E-state index in [0.717, 1.165) is 30.1 Å². The predicted molar refractivity (Wildman–Crippen MR) is 120 cm³/mol. The molecule has 0 unspecified atom stereocenters. The first kappa shape index (κ1) is 20.5. The molecule has 1 aromatic heterocycles. The number of carbonyl (C=O) groups excluding carboxylic acids is 1. The fraction of sp³-hybridized carbons (Fsp3) is 0.261. The Kier molecular flexibility index (Phi) is 6.16. The molecule has 0 aliphatic carbocycles. The highest BCUT2D eigenvalue weighted by atomic mass is 16.5. The van der Waals surface area contributed by atoms with E-state index >= 15 is 0 Å². The molecule has 2 aromatic carbocycles. The first-order chi connectivity index (χ1) is 15.1. The number of rotatable bonds is 6. The number of amides is 1. The summed E-state index contributed by atoms with van der Waals surface area (Å²) in [7, 11) is 1.65. The molecule has 0 saturated carbocycles. The number of methoxy groups -OCH3 is 1. The van der Waals surface area contributed by atoms with E-state index in [2.05, 4.69) is 20.2 Å². The van der Waals surface area contributed by atoms with Crippen LogP contribution in [-0.2, 0) is 6.54 Å². The van der Waals surface area contributed by atoms with E-state index in [0.29, 0.717) is 25.6 Å². The molecule has 1 saturated heterocycles. The van der Waals surface area contributed by atoms with Crippen molar-refractivity contribution in [1.82, 2.24) is 15.3 Å². The Bertz CT molecular complexity index is 1070. The van der Waals surface area contributed by atoms with Gasteiger partial charge in [-0.05, 0) is 29.8 Å². The maximum absolute atomic E-state index is 12.5. The third kappa shape index (κ3) is 4.85. The lowest BCUT2D eigenvalue weighted by Crippen LogP contribution is -2.47. The van der Waals surface area contributed by atoms with Gasteiger partial charge in [-0.15, -0.1) is 0 Å². The number of carbonyl (C=O) groups is 1. The molecule has 1 aliphatic rings. The van der Waals surface area contributed by atoms with Gasteiger partial charge in [0.2, 0.25) is 5.95 Å². The minimum atomic E-state index is -0.437. The molecule has 0 radical (unpaired) electrons. The van der Waals surface area contributed by atoms with Crippen LogP contribution in [0.2, 0.25) is 0 Å². The molecule has 1 aliphatic heterocycles. The summed E-state index contributed by atoms with van der Waals surface area (Å²) in [5, 5.41) is 2.76. The van der Waals surface area contributed by atoms with Crippen LogP contribution in [0, 0.1) is 0 Å². The zero-order chi connectivity index (χ0) is 21.6. The molecule has 31 heavy (non-hydrogen) atoms. The van der Waals surface area contributed by atoms with Gasteiger partial charge in [-0.25, -0.2) is 4.98 Å². The van der Waals surface area contributed by atoms with Crippen LogP contribution in [0.4, 0.5) is 11.6 Å². The Balaban J connectivity index is 1.36. The van der Waals surface area contributed by atoms with Crippen molar-refractivity contribution in [3.05, 3.63) is 82.3 Å². The molecule has 2 N–H and O–H groups in total. The summed E-state index contributed by atoms with van der Waals surface area (Å²) >= 11 is 0. The number of piperazine rings is 1. The molecule has 0 bridgehead atoms. The average molecular weight is 419 g/mol. The molecule has 8 nitrogen and oxygen atoms in total. The number of nitrogens with zero attached hydrogens (tertiary/aromatic N) is 3. The molecule has 4 rings (SSSR count). The zero-order valence-electron chi connectivity index (χ0n) is 17.4. The van der Waals surface area contributed by atoms with E-state index in [1.165, 1.54) is 6.20 Å². The first-order valence-electron chi connectivity index (χ1n) is 10.2. The van der Waals surface area contributed by atoms with Gasteiger partial charge in [-0.2, -0.15) is 0 Å². The molecular weight excluding hydrogens is 394 g/mol. The highest BCUT2D eigenvalue weighted by Gasteiger charge is 2.20. The minimum Gasteiger partial charge on any atom is -0.497 e. The van der Waals surface area contributed by atoms with Crippen LogP contribution in [0.5, 0.6) is 5.75 Å². The Labute approximate surface area is 180 Å². The lowest BCUT2D eigenvalue weighted by Gasteiger charge is -2.36. The second kappa shape index (κ2) is 9.34. The normalized spacial score (nSPS) is 13.7. The molecule has 2 heterocycles. The SMILES string of the molecule is COc1ccc(N2CCN(c3ncc(C(=O)NCc4ccccc4)c(=O)[nH]3)CC2)cc1. The standard InChI is InChI=1S/C23H25N5O3/c1-31-19-9-7-18(8-10-19)27-11-13-28(14-12-27)23-25-16-20(22(30)26-23)21(29)24-15-17-5-3-2-4-6-17/h2-10,16H,11-15H2,1H3,(H,24,29)(H,25,26,30). The smallest absolute Gasteiger partial charge is 0.265 e. The minimum absolute atomic E-state index is 0.0107. The van der Waals surface area contributed by atoms with Crippen LogP contribution < -0.4 is 25.4 Å². The van der Waals surface area contributed by atoms with Gasteiger partial charge in [0.15, 0.2) is 0 Å². The summed E-state index contributed by atoms with van der Waals surface area (Å²) in [5.41, 5.74) is 1.67. The van der Waals surface area contributed by atoms with E-state index in [-0.39, 0.29) is 5.56 Å². The number of anilines is 2. The van der Waals surface area contributed by atoms with Gasteiger partial charge in [0.05, 0.1) is 7.11 Å². The number of aromatic nitrogens is 2. The molecule has 160 valence electrons. The highest BCUT2D eigenvalue weighted by molar-refractivity contribution is 5.93. The van der Waals surface area contributed by atoms with Crippen LogP contribution >= 0.6 is 0 Å². The number of hydrogen-bond acceptors (Lipinski definition) is 6. The largest absolute Gasteiger partial charge is 0.497 e.